The van der Waals surface area contributed by atoms with Crippen LogP contribution in [0.1, 0.15) is 44.5 Å². The summed E-state index contributed by atoms with van der Waals surface area (Å²) in [5.74, 6) is -1.17. The molecule has 1 amide bonds. The summed E-state index contributed by atoms with van der Waals surface area (Å²) in [7, 11) is 0. The van der Waals surface area contributed by atoms with Gasteiger partial charge in [0.15, 0.2) is 0 Å². The summed E-state index contributed by atoms with van der Waals surface area (Å²) in [6.07, 6.45) is 0.395. The van der Waals surface area contributed by atoms with Crippen molar-refractivity contribution >= 4 is 17.6 Å². The van der Waals surface area contributed by atoms with Crippen LogP contribution in [0.2, 0.25) is 0 Å². The molecule has 1 aromatic rings. The van der Waals surface area contributed by atoms with Gasteiger partial charge in [0.2, 0.25) is 5.91 Å². The maximum Gasteiger partial charge on any atom is 0.312 e. The maximum absolute atomic E-state index is 12.0. The van der Waals surface area contributed by atoms with Gasteiger partial charge in [-0.25, -0.2) is 0 Å². The molecule has 1 heterocycles. The van der Waals surface area contributed by atoms with E-state index in [9.17, 15) is 19.7 Å². The highest BCUT2D eigenvalue weighted by atomic mass is 16.6. The predicted octanol–water partition coefficient (Wildman–Crippen LogP) is 1.56. The van der Waals surface area contributed by atoms with Crippen molar-refractivity contribution in [3.8, 4) is 0 Å². The number of nitrogens with one attached hydrogen (secondary N) is 1. The lowest BCUT2D eigenvalue weighted by Gasteiger charge is -2.25. The molecule has 9 heteroatoms. The van der Waals surface area contributed by atoms with Crippen LogP contribution in [0, 0.1) is 24.0 Å². The van der Waals surface area contributed by atoms with Gasteiger partial charge in [-0.2, -0.15) is 5.10 Å². The van der Waals surface area contributed by atoms with Crippen molar-refractivity contribution in [2.75, 3.05) is 0 Å². The van der Waals surface area contributed by atoms with Gasteiger partial charge in [-0.05, 0) is 34.1 Å². The van der Waals surface area contributed by atoms with Gasteiger partial charge in [-0.1, -0.05) is 0 Å². The van der Waals surface area contributed by atoms with Gasteiger partial charge < -0.3 is 10.4 Å². The van der Waals surface area contributed by atoms with E-state index in [0.717, 1.165) is 0 Å². The van der Waals surface area contributed by atoms with E-state index in [-0.39, 0.29) is 31.0 Å². The molecule has 128 valence electrons. The van der Waals surface area contributed by atoms with Crippen LogP contribution in [-0.2, 0) is 16.1 Å². The largest absolute Gasteiger partial charge is 0.481 e. The first kappa shape index (κ1) is 18.6. The lowest BCUT2D eigenvalue weighted by atomic mass is 9.98. The summed E-state index contributed by atoms with van der Waals surface area (Å²) >= 11 is 0. The molecule has 0 fully saturated rings. The Morgan fingerprint density at radius 1 is 1.35 bits per heavy atom. The third-order valence-electron chi connectivity index (χ3n) is 3.52. The number of carboxylic acid groups (broad SMARTS) is 1. The molecule has 2 N–H and O–H groups in total. The van der Waals surface area contributed by atoms with Crippen molar-refractivity contribution in [1.29, 1.82) is 0 Å². The van der Waals surface area contributed by atoms with E-state index in [4.69, 9.17) is 5.11 Å². The molecule has 0 unspecified atom stereocenters. The molecule has 0 saturated carbocycles. The van der Waals surface area contributed by atoms with Crippen molar-refractivity contribution in [3.63, 3.8) is 0 Å². The zero-order chi connectivity index (χ0) is 17.8. The maximum atomic E-state index is 12.0. The van der Waals surface area contributed by atoms with Crippen LogP contribution in [0.5, 0.6) is 0 Å². The average Bonchev–Trinajstić information content (AvgIpc) is 2.68. The molecule has 0 aliphatic rings. The summed E-state index contributed by atoms with van der Waals surface area (Å²) < 4.78 is 1.44. The van der Waals surface area contributed by atoms with Gasteiger partial charge in [-0.3, -0.25) is 24.4 Å². The van der Waals surface area contributed by atoms with Crippen LogP contribution >= 0.6 is 0 Å². The number of hydrogen-bond acceptors (Lipinski definition) is 5. The van der Waals surface area contributed by atoms with Crippen LogP contribution in [0.25, 0.3) is 0 Å². The monoisotopic (exact) mass is 326 g/mol. The minimum absolute atomic E-state index is 0.0308. The van der Waals surface area contributed by atoms with Gasteiger partial charge in [-0.15, -0.1) is 0 Å². The lowest BCUT2D eigenvalue weighted by molar-refractivity contribution is -0.386. The Kier molecular flexibility index (Phi) is 5.83. The number of amides is 1. The highest BCUT2D eigenvalue weighted by molar-refractivity contribution is 5.76. The molecule has 0 aromatic carbocycles. The third-order valence-corrected chi connectivity index (χ3v) is 3.52. The zero-order valence-electron chi connectivity index (χ0n) is 13.8. The molecular weight excluding hydrogens is 304 g/mol. The molecule has 0 radical (unpaired) electrons. The molecular formula is C14H22N4O5. The van der Waals surface area contributed by atoms with E-state index < -0.39 is 16.4 Å². The number of aliphatic carboxylic acids is 1. The van der Waals surface area contributed by atoms with Gasteiger partial charge in [0.25, 0.3) is 0 Å². The number of carboxylic acids is 1. The van der Waals surface area contributed by atoms with E-state index >= 15 is 0 Å². The van der Waals surface area contributed by atoms with E-state index in [1.165, 1.54) is 4.68 Å². The second-order valence-electron chi connectivity index (χ2n) is 6.08. The average molecular weight is 326 g/mol. The highest BCUT2D eigenvalue weighted by Gasteiger charge is 2.24. The summed E-state index contributed by atoms with van der Waals surface area (Å²) in [4.78, 5) is 33.0. The first-order valence-corrected chi connectivity index (χ1v) is 7.24. The predicted molar refractivity (Wildman–Crippen MR) is 82.1 cm³/mol. The summed E-state index contributed by atoms with van der Waals surface area (Å²) in [6, 6.07) is 0. The van der Waals surface area contributed by atoms with E-state index in [0.29, 0.717) is 17.8 Å². The van der Waals surface area contributed by atoms with Crippen molar-refractivity contribution in [1.82, 2.24) is 15.1 Å². The number of nitrogens with zero attached hydrogens (tertiary/aromatic N) is 3. The second kappa shape index (κ2) is 7.21. The van der Waals surface area contributed by atoms with Crippen molar-refractivity contribution in [2.45, 2.75) is 59.0 Å². The molecule has 0 atom stereocenters. The standard InChI is InChI=1S/C14H22N4O5/c1-9-13(18(22)23)10(2)17(16-9)8-6-11(19)15-14(3,4)7-5-12(20)21/h5-8H2,1-4H3,(H,15,19)(H,20,21). The van der Waals surface area contributed by atoms with Crippen LogP contribution in [0.15, 0.2) is 0 Å². The fraction of sp³-hybridized carbons (Fsp3) is 0.643. The first-order chi connectivity index (χ1) is 10.5. The number of aromatic nitrogens is 2. The molecule has 0 bridgehead atoms. The molecule has 0 aliphatic carbocycles. The second-order valence-corrected chi connectivity index (χ2v) is 6.08. The molecule has 0 aliphatic heterocycles. The topological polar surface area (TPSA) is 127 Å². The third kappa shape index (κ3) is 5.35. The van der Waals surface area contributed by atoms with Crippen LogP contribution in [0.3, 0.4) is 0 Å². The summed E-state index contributed by atoms with van der Waals surface area (Å²) in [6.45, 7) is 6.87. The molecule has 9 nitrogen and oxygen atoms in total. The Morgan fingerprint density at radius 3 is 2.43 bits per heavy atom. The highest BCUT2D eigenvalue weighted by Crippen LogP contribution is 2.22. The fourth-order valence-electron chi connectivity index (χ4n) is 2.30. The zero-order valence-corrected chi connectivity index (χ0v) is 13.8. The number of nitro groups is 1. The number of carbonyl (C=O) groups excluding carboxylic acids is 1. The fourth-order valence-corrected chi connectivity index (χ4v) is 2.30. The smallest absolute Gasteiger partial charge is 0.312 e. The Bertz CT molecular complexity index is 621. The number of aryl methyl sites for hydroxylation is 2. The normalized spacial score (nSPS) is 11.3. The Balaban J connectivity index is 2.62. The number of hydrogen-bond donors (Lipinski definition) is 2. The van der Waals surface area contributed by atoms with Crippen LogP contribution in [0.4, 0.5) is 5.69 Å². The van der Waals surface area contributed by atoms with Crippen molar-refractivity contribution < 1.29 is 19.6 Å². The first-order valence-electron chi connectivity index (χ1n) is 7.24. The van der Waals surface area contributed by atoms with Gasteiger partial charge in [0.1, 0.15) is 11.4 Å². The van der Waals surface area contributed by atoms with Gasteiger partial charge in [0.05, 0.1) is 11.5 Å². The minimum atomic E-state index is -0.915. The number of carbonyl (C=O) groups is 2. The quantitative estimate of drug-likeness (QED) is 0.551. The van der Waals surface area contributed by atoms with Gasteiger partial charge >= 0.3 is 11.7 Å². The Labute approximate surface area is 133 Å². The summed E-state index contributed by atoms with van der Waals surface area (Å²) in [5.41, 5.74) is 0.0589. The Hall–Kier alpha value is -2.45. The van der Waals surface area contributed by atoms with Crippen molar-refractivity contribution in [2.24, 2.45) is 0 Å². The SMILES string of the molecule is Cc1nn(CCC(=O)NC(C)(C)CCC(=O)O)c(C)c1[N+](=O)[O-]. The van der Waals surface area contributed by atoms with Gasteiger partial charge in [0, 0.05) is 18.4 Å². The van der Waals surface area contributed by atoms with Crippen molar-refractivity contribution in [3.05, 3.63) is 21.5 Å². The Morgan fingerprint density at radius 2 is 1.96 bits per heavy atom. The summed E-state index contributed by atoms with van der Waals surface area (Å²) in [5, 5.41) is 26.5. The molecule has 0 spiro atoms. The minimum Gasteiger partial charge on any atom is -0.481 e. The van der Waals surface area contributed by atoms with E-state index in [1.807, 2.05) is 0 Å². The lowest BCUT2D eigenvalue weighted by Crippen LogP contribution is -2.44. The molecule has 0 saturated heterocycles. The van der Waals surface area contributed by atoms with Crippen LogP contribution in [-0.4, -0.2) is 37.2 Å². The van der Waals surface area contributed by atoms with E-state index in [1.54, 1.807) is 27.7 Å². The molecule has 23 heavy (non-hydrogen) atoms. The molecule has 1 aromatic heterocycles. The van der Waals surface area contributed by atoms with E-state index in [2.05, 4.69) is 10.4 Å². The molecule has 1 rings (SSSR count). The number of rotatable bonds is 8. The van der Waals surface area contributed by atoms with Crippen LogP contribution < -0.4 is 5.32 Å².